The predicted octanol–water partition coefficient (Wildman–Crippen LogP) is 2.96. The van der Waals surface area contributed by atoms with Crippen molar-refractivity contribution in [2.24, 2.45) is 11.3 Å². The summed E-state index contributed by atoms with van der Waals surface area (Å²) in [4.78, 5) is 2.56. The van der Waals surface area contributed by atoms with Crippen LogP contribution in [0.15, 0.2) is 24.3 Å². The summed E-state index contributed by atoms with van der Waals surface area (Å²) in [7, 11) is 3.56. The molecule has 0 N–H and O–H groups in total. The summed E-state index contributed by atoms with van der Waals surface area (Å²) in [5, 5.41) is 0. The molecule has 2 saturated heterocycles. The van der Waals surface area contributed by atoms with E-state index in [4.69, 9.17) is 14.2 Å². The Balaban J connectivity index is 1.61. The second kappa shape index (κ2) is 7.65. The van der Waals surface area contributed by atoms with Crippen molar-refractivity contribution in [3.8, 4) is 5.75 Å². The Morgan fingerprint density at radius 3 is 2.70 bits per heavy atom. The van der Waals surface area contributed by atoms with E-state index in [1.807, 2.05) is 12.1 Å². The Labute approximate surface area is 139 Å². The predicted molar refractivity (Wildman–Crippen MR) is 90.7 cm³/mol. The molecule has 4 heteroatoms. The molecule has 0 bridgehead atoms. The summed E-state index contributed by atoms with van der Waals surface area (Å²) < 4.78 is 16.6. The molecule has 1 atom stereocenters. The maximum atomic E-state index is 5.70. The first-order valence-corrected chi connectivity index (χ1v) is 8.68. The normalized spacial score (nSPS) is 24.7. The van der Waals surface area contributed by atoms with E-state index in [-0.39, 0.29) is 0 Å². The minimum Gasteiger partial charge on any atom is -0.496 e. The monoisotopic (exact) mass is 319 g/mol. The molecule has 0 aliphatic carbocycles. The second-order valence-corrected chi connectivity index (χ2v) is 6.93. The van der Waals surface area contributed by atoms with E-state index in [9.17, 15) is 0 Å². The maximum Gasteiger partial charge on any atom is 0.123 e. The van der Waals surface area contributed by atoms with Crippen molar-refractivity contribution in [3.63, 3.8) is 0 Å². The molecule has 2 fully saturated rings. The van der Waals surface area contributed by atoms with E-state index in [1.54, 1.807) is 14.2 Å². The fraction of sp³-hybridized carbons (Fsp3) is 0.684. The summed E-state index contributed by atoms with van der Waals surface area (Å²) in [6, 6.07) is 8.35. The number of para-hydroxylation sites is 1. The Morgan fingerprint density at radius 2 is 1.96 bits per heavy atom. The molecule has 1 spiro atoms. The molecule has 2 aliphatic heterocycles. The molecule has 0 radical (unpaired) electrons. The molecule has 0 amide bonds. The van der Waals surface area contributed by atoms with Crippen LogP contribution in [-0.2, 0) is 16.0 Å². The van der Waals surface area contributed by atoms with Crippen LogP contribution in [0.3, 0.4) is 0 Å². The van der Waals surface area contributed by atoms with Crippen molar-refractivity contribution < 1.29 is 14.2 Å². The van der Waals surface area contributed by atoms with Gasteiger partial charge in [-0.05, 0) is 43.8 Å². The van der Waals surface area contributed by atoms with Crippen LogP contribution in [0, 0.1) is 11.3 Å². The summed E-state index contributed by atoms with van der Waals surface area (Å²) in [5.74, 6) is 1.55. The fourth-order valence-corrected chi connectivity index (χ4v) is 4.20. The molecule has 128 valence electrons. The molecule has 23 heavy (non-hydrogen) atoms. The van der Waals surface area contributed by atoms with Gasteiger partial charge in [0.2, 0.25) is 0 Å². The SMILES string of the molecule is COC[C@@H]1COCCC12CCN(Cc1ccccc1OC)CC2. The molecule has 2 heterocycles. The van der Waals surface area contributed by atoms with Gasteiger partial charge in [0.05, 0.1) is 20.3 Å². The van der Waals surface area contributed by atoms with Crippen LogP contribution >= 0.6 is 0 Å². The minimum absolute atomic E-state index is 0.422. The second-order valence-electron chi connectivity index (χ2n) is 6.93. The number of likely N-dealkylation sites (tertiary alicyclic amines) is 1. The number of nitrogens with zero attached hydrogens (tertiary/aromatic N) is 1. The van der Waals surface area contributed by atoms with Gasteiger partial charge in [-0.2, -0.15) is 0 Å². The Hall–Kier alpha value is -1.10. The summed E-state index contributed by atoms with van der Waals surface area (Å²) >= 11 is 0. The first kappa shape index (κ1) is 16.7. The van der Waals surface area contributed by atoms with Gasteiger partial charge in [-0.1, -0.05) is 18.2 Å². The maximum absolute atomic E-state index is 5.70. The molecule has 0 aromatic heterocycles. The molecule has 1 aromatic carbocycles. The van der Waals surface area contributed by atoms with Gasteiger partial charge in [0.15, 0.2) is 0 Å². The van der Waals surface area contributed by atoms with Crippen molar-refractivity contribution in [3.05, 3.63) is 29.8 Å². The molecule has 3 rings (SSSR count). The topological polar surface area (TPSA) is 30.9 Å². The fourth-order valence-electron chi connectivity index (χ4n) is 4.20. The van der Waals surface area contributed by atoms with Crippen LogP contribution in [0.2, 0.25) is 0 Å². The third-order valence-electron chi connectivity index (χ3n) is 5.74. The summed E-state index contributed by atoms with van der Waals surface area (Å²) in [5.41, 5.74) is 1.71. The molecule has 0 unspecified atom stereocenters. The van der Waals surface area contributed by atoms with Crippen LogP contribution in [0.1, 0.15) is 24.8 Å². The summed E-state index contributed by atoms with van der Waals surface area (Å²) in [6.07, 6.45) is 3.68. The lowest BCUT2D eigenvalue weighted by Crippen LogP contribution is -2.49. The van der Waals surface area contributed by atoms with Crippen LogP contribution in [0.5, 0.6) is 5.75 Å². The van der Waals surface area contributed by atoms with Gasteiger partial charge in [-0.25, -0.2) is 0 Å². The van der Waals surface area contributed by atoms with Gasteiger partial charge in [0.25, 0.3) is 0 Å². The van der Waals surface area contributed by atoms with Gasteiger partial charge in [-0.15, -0.1) is 0 Å². The number of hydrogen-bond acceptors (Lipinski definition) is 4. The standard InChI is InChI=1S/C19H29NO3/c1-21-14-17-15-23-12-9-19(17)7-10-20(11-8-19)13-16-5-3-4-6-18(16)22-2/h3-6,17H,7-15H2,1-2H3/t17-/m1/s1. The number of piperidine rings is 1. The first-order chi connectivity index (χ1) is 11.3. The van der Waals surface area contributed by atoms with Crippen molar-refractivity contribution >= 4 is 0 Å². The molecular weight excluding hydrogens is 290 g/mol. The Morgan fingerprint density at radius 1 is 1.17 bits per heavy atom. The number of methoxy groups -OCH3 is 2. The van der Waals surface area contributed by atoms with E-state index in [0.717, 1.165) is 45.2 Å². The van der Waals surface area contributed by atoms with E-state index < -0.39 is 0 Å². The average molecular weight is 319 g/mol. The highest BCUT2D eigenvalue weighted by Gasteiger charge is 2.43. The van der Waals surface area contributed by atoms with Crippen LogP contribution in [0.25, 0.3) is 0 Å². The Bertz CT molecular complexity index is 495. The van der Waals surface area contributed by atoms with Gasteiger partial charge in [-0.3, -0.25) is 4.90 Å². The third-order valence-corrected chi connectivity index (χ3v) is 5.74. The lowest BCUT2D eigenvalue weighted by molar-refractivity contribution is -0.0951. The van der Waals surface area contributed by atoms with E-state index >= 15 is 0 Å². The molecule has 4 nitrogen and oxygen atoms in total. The lowest BCUT2D eigenvalue weighted by Gasteiger charge is -2.49. The number of benzene rings is 1. The quantitative estimate of drug-likeness (QED) is 0.835. The number of hydrogen-bond donors (Lipinski definition) is 0. The Kier molecular flexibility index (Phi) is 5.57. The van der Waals surface area contributed by atoms with Crippen LogP contribution in [0.4, 0.5) is 0 Å². The third kappa shape index (κ3) is 3.70. The van der Waals surface area contributed by atoms with Crippen LogP contribution < -0.4 is 4.74 Å². The van der Waals surface area contributed by atoms with E-state index in [1.165, 1.54) is 24.8 Å². The lowest BCUT2D eigenvalue weighted by atomic mass is 9.66. The van der Waals surface area contributed by atoms with Gasteiger partial charge in [0, 0.05) is 31.7 Å². The van der Waals surface area contributed by atoms with Crippen molar-refractivity contribution in [1.29, 1.82) is 0 Å². The smallest absolute Gasteiger partial charge is 0.123 e. The zero-order valence-electron chi connectivity index (χ0n) is 14.4. The highest BCUT2D eigenvalue weighted by molar-refractivity contribution is 5.33. The van der Waals surface area contributed by atoms with E-state index in [2.05, 4.69) is 17.0 Å². The molecule has 2 aliphatic rings. The van der Waals surface area contributed by atoms with Gasteiger partial charge >= 0.3 is 0 Å². The largest absolute Gasteiger partial charge is 0.496 e. The van der Waals surface area contributed by atoms with Crippen molar-refractivity contribution in [1.82, 2.24) is 4.90 Å². The van der Waals surface area contributed by atoms with Crippen LogP contribution in [-0.4, -0.2) is 52.0 Å². The van der Waals surface area contributed by atoms with Gasteiger partial charge < -0.3 is 14.2 Å². The summed E-state index contributed by atoms with van der Waals surface area (Å²) in [6.45, 7) is 5.88. The van der Waals surface area contributed by atoms with Gasteiger partial charge in [0.1, 0.15) is 5.75 Å². The van der Waals surface area contributed by atoms with E-state index in [0.29, 0.717) is 11.3 Å². The highest BCUT2D eigenvalue weighted by atomic mass is 16.5. The minimum atomic E-state index is 0.422. The average Bonchev–Trinajstić information content (AvgIpc) is 2.60. The zero-order chi connectivity index (χ0) is 16.1. The van der Waals surface area contributed by atoms with Crippen molar-refractivity contribution in [2.45, 2.75) is 25.8 Å². The zero-order valence-corrected chi connectivity index (χ0v) is 14.4. The number of ether oxygens (including phenoxy) is 3. The van der Waals surface area contributed by atoms with Crippen molar-refractivity contribution in [2.75, 3.05) is 47.1 Å². The molecule has 0 saturated carbocycles. The molecular formula is C19H29NO3. The first-order valence-electron chi connectivity index (χ1n) is 8.68. The molecule has 1 aromatic rings. The highest BCUT2D eigenvalue weighted by Crippen LogP contribution is 2.45. The number of rotatable bonds is 5.